The van der Waals surface area contributed by atoms with Crippen LogP contribution in [0.15, 0.2) is 48.7 Å². The number of rotatable bonds is 5. The molecular weight excluding hydrogens is 493 g/mol. The largest absolute Gasteiger partial charge is 0.465 e. The van der Waals surface area contributed by atoms with Crippen molar-refractivity contribution in [1.29, 1.82) is 0 Å². The van der Waals surface area contributed by atoms with E-state index >= 15 is 0 Å². The quantitative estimate of drug-likeness (QED) is 0.316. The fourth-order valence-electron chi connectivity index (χ4n) is 3.18. The molecule has 0 aliphatic rings. The fourth-order valence-corrected chi connectivity index (χ4v) is 4.04. The van der Waals surface area contributed by atoms with E-state index in [0.29, 0.717) is 23.8 Å². The number of fused-ring (bicyclic) bond motifs is 1. The van der Waals surface area contributed by atoms with Crippen LogP contribution in [-0.4, -0.2) is 32.8 Å². The second kappa shape index (κ2) is 8.39. The Morgan fingerprint density at radius 2 is 1.93 bits per heavy atom. The van der Waals surface area contributed by atoms with Crippen LogP contribution >= 0.6 is 22.6 Å². The third kappa shape index (κ3) is 4.00. The predicted octanol–water partition coefficient (Wildman–Crippen LogP) is 4.34. The van der Waals surface area contributed by atoms with Gasteiger partial charge in [-0.05, 0) is 53.3 Å². The van der Waals surface area contributed by atoms with Crippen molar-refractivity contribution in [2.75, 3.05) is 12.4 Å². The number of halogens is 1. The maximum absolute atomic E-state index is 11.7. The van der Waals surface area contributed by atoms with Crippen molar-refractivity contribution in [2.24, 2.45) is 7.05 Å². The highest BCUT2D eigenvalue weighted by Crippen LogP contribution is 2.26. The maximum Gasteiger partial charge on any atom is 0.337 e. The lowest BCUT2D eigenvalue weighted by molar-refractivity contribution is 0.0601. The van der Waals surface area contributed by atoms with Crippen LogP contribution in [-0.2, 0) is 18.3 Å². The number of anilines is 1. The highest BCUT2D eigenvalue weighted by Gasteiger charge is 2.14. The molecule has 2 aromatic carbocycles. The Morgan fingerprint density at radius 3 is 2.63 bits per heavy atom. The molecule has 2 aromatic heterocycles. The lowest BCUT2D eigenvalue weighted by Crippen LogP contribution is -2.07. The Bertz CT molecular complexity index is 1230. The summed E-state index contributed by atoms with van der Waals surface area (Å²) in [6, 6.07) is 13.4. The van der Waals surface area contributed by atoms with Gasteiger partial charge in [0.1, 0.15) is 11.0 Å². The molecule has 152 valence electrons. The van der Waals surface area contributed by atoms with Crippen molar-refractivity contribution in [3.8, 4) is 11.4 Å². The molecule has 30 heavy (non-hydrogen) atoms. The number of benzene rings is 2. The smallest absolute Gasteiger partial charge is 0.337 e. The number of nitrogens with one attached hydrogen (secondary N) is 1. The van der Waals surface area contributed by atoms with E-state index in [1.165, 1.54) is 21.8 Å². The first-order chi connectivity index (χ1) is 14.5. The Hall–Kier alpha value is -3.01. The Labute approximate surface area is 187 Å². The minimum absolute atomic E-state index is 0.375. The summed E-state index contributed by atoms with van der Waals surface area (Å²) >= 11 is 2.35. The van der Waals surface area contributed by atoms with E-state index in [1.807, 2.05) is 19.2 Å². The first kappa shape index (κ1) is 20.3. The third-order valence-electron chi connectivity index (χ3n) is 4.81. The summed E-state index contributed by atoms with van der Waals surface area (Å²) in [5, 5.41) is 7.78. The highest BCUT2D eigenvalue weighted by atomic mass is 127. The van der Waals surface area contributed by atoms with E-state index in [2.05, 4.69) is 63.1 Å². The molecule has 0 amide bonds. The van der Waals surface area contributed by atoms with E-state index < -0.39 is 0 Å². The van der Waals surface area contributed by atoms with Crippen LogP contribution in [0, 0.1) is 10.5 Å². The second-order valence-electron chi connectivity index (χ2n) is 6.92. The summed E-state index contributed by atoms with van der Waals surface area (Å²) in [5.41, 5.74) is 5.31. The maximum atomic E-state index is 11.7. The molecule has 4 aromatic rings. The number of aryl methyl sites for hydroxylation is 2. The minimum Gasteiger partial charge on any atom is -0.465 e. The molecule has 1 N–H and O–H groups in total. The van der Waals surface area contributed by atoms with Crippen LogP contribution in [0.1, 0.15) is 21.5 Å². The molecule has 7 nitrogen and oxygen atoms in total. The van der Waals surface area contributed by atoms with Crippen molar-refractivity contribution in [1.82, 2.24) is 19.7 Å². The SMILES string of the molecule is COC(=O)c1ccc(-c2nc(NCc3ccc(C)cc3I)c3c(cnn3C)n2)cc1. The van der Waals surface area contributed by atoms with Gasteiger partial charge >= 0.3 is 5.97 Å². The number of ether oxygens (including phenoxy) is 1. The summed E-state index contributed by atoms with van der Waals surface area (Å²) in [5.74, 6) is 0.900. The monoisotopic (exact) mass is 513 g/mol. The van der Waals surface area contributed by atoms with Crippen LogP contribution < -0.4 is 5.32 Å². The number of hydrogen-bond donors (Lipinski definition) is 1. The Kier molecular flexibility index (Phi) is 5.67. The van der Waals surface area contributed by atoms with Gasteiger partial charge < -0.3 is 10.1 Å². The number of carbonyl (C=O) groups is 1. The van der Waals surface area contributed by atoms with Crippen LogP contribution in [0.2, 0.25) is 0 Å². The lowest BCUT2D eigenvalue weighted by Gasteiger charge is -2.11. The summed E-state index contributed by atoms with van der Waals surface area (Å²) in [4.78, 5) is 21.1. The van der Waals surface area contributed by atoms with Gasteiger partial charge in [-0.15, -0.1) is 0 Å². The average molecular weight is 513 g/mol. The zero-order chi connectivity index (χ0) is 21.3. The average Bonchev–Trinajstić information content (AvgIpc) is 3.13. The standard InChI is InChI=1S/C22H20IN5O2/c1-13-4-5-16(17(23)10-13)11-24-21-19-18(12-25-28(19)2)26-20(27-21)14-6-8-15(9-7-14)22(29)30-3/h4-10,12H,11H2,1-3H3,(H,24,26,27). The molecule has 0 fully saturated rings. The molecule has 0 unspecified atom stereocenters. The minimum atomic E-state index is -0.375. The van der Waals surface area contributed by atoms with E-state index in [4.69, 9.17) is 9.72 Å². The van der Waals surface area contributed by atoms with Crippen molar-refractivity contribution < 1.29 is 9.53 Å². The molecule has 0 atom stereocenters. The molecule has 0 saturated carbocycles. The van der Waals surface area contributed by atoms with Gasteiger partial charge in [-0.25, -0.2) is 14.8 Å². The number of methoxy groups -OCH3 is 1. The van der Waals surface area contributed by atoms with Gasteiger partial charge in [0.25, 0.3) is 0 Å². The first-order valence-electron chi connectivity index (χ1n) is 9.33. The third-order valence-corrected chi connectivity index (χ3v) is 5.81. The second-order valence-corrected chi connectivity index (χ2v) is 8.08. The van der Waals surface area contributed by atoms with Gasteiger partial charge in [0.2, 0.25) is 0 Å². The zero-order valence-corrected chi connectivity index (χ0v) is 19.0. The molecule has 8 heteroatoms. The highest BCUT2D eigenvalue weighted by molar-refractivity contribution is 14.1. The first-order valence-corrected chi connectivity index (χ1v) is 10.4. The van der Waals surface area contributed by atoms with Crippen molar-refractivity contribution in [3.05, 3.63) is 68.9 Å². The van der Waals surface area contributed by atoms with Gasteiger partial charge in [-0.1, -0.05) is 29.8 Å². The number of carbonyl (C=O) groups excluding carboxylic acids is 1. The number of esters is 1. The molecule has 0 spiro atoms. The number of nitrogens with zero attached hydrogens (tertiary/aromatic N) is 4. The van der Waals surface area contributed by atoms with Crippen LogP contribution in [0.4, 0.5) is 5.82 Å². The Balaban J connectivity index is 1.70. The molecule has 2 heterocycles. The molecular formula is C22H20IN5O2. The normalized spacial score (nSPS) is 10.9. The van der Waals surface area contributed by atoms with Crippen molar-refractivity contribution in [3.63, 3.8) is 0 Å². The van der Waals surface area contributed by atoms with Crippen LogP contribution in [0.5, 0.6) is 0 Å². The van der Waals surface area contributed by atoms with E-state index in [0.717, 1.165) is 16.6 Å². The van der Waals surface area contributed by atoms with E-state index in [-0.39, 0.29) is 5.97 Å². The number of aromatic nitrogens is 4. The molecule has 0 bridgehead atoms. The van der Waals surface area contributed by atoms with Gasteiger partial charge in [0, 0.05) is 22.7 Å². The van der Waals surface area contributed by atoms with E-state index in [1.54, 1.807) is 23.0 Å². The predicted molar refractivity (Wildman–Crippen MR) is 124 cm³/mol. The Morgan fingerprint density at radius 1 is 1.17 bits per heavy atom. The van der Waals surface area contributed by atoms with Crippen molar-refractivity contribution in [2.45, 2.75) is 13.5 Å². The summed E-state index contributed by atoms with van der Waals surface area (Å²) < 4.78 is 7.73. The van der Waals surface area contributed by atoms with E-state index in [9.17, 15) is 4.79 Å². The zero-order valence-electron chi connectivity index (χ0n) is 16.8. The lowest BCUT2D eigenvalue weighted by atomic mass is 10.1. The fraction of sp³-hybridized carbons (Fsp3) is 0.182. The van der Waals surface area contributed by atoms with Crippen LogP contribution in [0.3, 0.4) is 0 Å². The number of hydrogen-bond acceptors (Lipinski definition) is 6. The van der Waals surface area contributed by atoms with Crippen molar-refractivity contribution >= 4 is 45.4 Å². The summed E-state index contributed by atoms with van der Waals surface area (Å²) in [7, 11) is 3.24. The van der Waals surface area contributed by atoms with Gasteiger partial charge in [-0.2, -0.15) is 5.10 Å². The molecule has 4 rings (SSSR count). The molecule has 0 aliphatic heterocycles. The van der Waals surface area contributed by atoms with Gasteiger partial charge in [0.05, 0.1) is 18.9 Å². The molecule has 0 radical (unpaired) electrons. The van der Waals surface area contributed by atoms with Gasteiger partial charge in [0.15, 0.2) is 11.6 Å². The van der Waals surface area contributed by atoms with Crippen LogP contribution in [0.25, 0.3) is 22.4 Å². The molecule has 0 saturated heterocycles. The molecule has 0 aliphatic carbocycles. The summed E-state index contributed by atoms with van der Waals surface area (Å²) in [6.45, 7) is 2.72. The topological polar surface area (TPSA) is 81.9 Å². The summed E-state index contributed by atoms with van der Waals surface area (Å²) in [6.07, 6.45) is 1.73. The van der Waals surface area contributed by atoms with Gasteiger partial charge in [-0.3, -0.25) is 4.68 Å².